The Morgan fingerprint density at radius 3 is 2.72 bits per heavy atom. The standard InChI is InChI=1S/C13H11BrCl2N2/c1-17-13(8-5-9(14)7-18-6-8)10-3-2-4-11(15)12(10)16/h2-7,13,17H,1H3. The summed E-state index contributed by atoms with van der Waals surface area (Å²) in [7, 11) is 1.88. The molecule has 94 valence electrons. The predicted molar refractivity (Wildman–Crippen MR) is 79.3 cm³/mol. The second kappa shape index (κ2) is 6.02. The first-order valence-corrected chi connectivity index (χ1v) is 6.90. The lowest BCUT2D eigenvalue weighted by molar-refractivity contribution is 0.688. The van der Waals surface area contributed by atoms with Gasteiger partial charge in [-0.1, -0.05) is 35.3 Å². The molecule has 2 rings (SSSR count). The average Bonchev–Trinajstić information content (AvgIpc) is 2.35. The van der Waals surface area contributed by atoms with Crippen LogP contribution in [0.1, 0.15) is 17.2 Å². The Kier molecular flexibility index (Phi) is 4.62. The van der Waals surface area contributed by atoms with E-state index in [0.29, 0.717) is 10.0 Å². The summed E-state index contributed by atoms with van der Waals surface area (Å²) >= 11 is 15.7. The van der Waals surface area contributed by atoms with Crippen molar-refractivity contribution in [1.29, 1.82) is 0 Å². The van der Waals surface area contributed by atoms with Gasteiger partial charge in [-0.3, -0.25) is 4.98 Å². The van der Waals surface area contributed by atoms with Gasteiger partial charge < -0.3 is 5.32 Å². The van der Waals surface area contributed by atoms with E-state index in [1.54, 1.807) is 12.3 Å². The monoisotopic (exact) mass is 344 g/mol. The van der Waals surface area contributed by atoms with Gasteiger partial charge in [0.05, 0.1) is 16.1 Å². The van der Waals surface area contributed by atoms with Gasteiger partial charge in [-0.25, -0.2) is 0 Å². The SMILES string of the molecule is CNC(c1cncc(Br)c1)c1cccc(Cl)c1Cl. The maximum atomic E-state index is 6.25. The van der Waals surface area contributed by atoms with Crippen molar-refractivity contribution in [2.24, 2.45) is 0 Å². The van der Waals surface area contributed by atoms with Crippen molar-refractivity contribution in [3.05, 3.63) is 62.3 Å². The number of aromatic nitrogens is 1. The summed E-state index contributed by atoms with van der Waals surface area (Å²) in [5.41, 5.74) is 1.96. The molecular formula is C13H11BrCl2N2. The van der Waals surface area contributed by atoms with Gasteiger partial charge in [0, 0.05) is 16.9 Å². The van der Waals surface area contributed by atoms with Crippen LogP contribution < -0.4 is 5.32 Å². The minimum Gasteiger partial charge on any atom is -0.309 e. The number of hydrogen-bond donors (Lipinski definition) is 1. The highest BCUT2D eigenvalue weighted by Gasteiger charge is 2.17. The average molecular weight is 346 g/mol. The summed E-state index contributed by atoms with van der Waals surface area (Å²) in [6, 6.07) is 7.58. The number of rotatable bonds is 3. The second-order valence-electron chi connectivity index (χ2n) is 3.80. The topological polar surface area (TPSA) is 24.9 Å². The smallest absolute Gasteiger partial charge is 0.0643 e. The van der Waals surface area contributed by atoms with E-state index in [9.17, 15) is 0 Å². The zero-order valence-electron chi connectivity index (χ0n) is 9.62. The molecule has 0 aliphatic rings. The van der Waals surface area contributed by atoms with Gasteiger partial charge in [-0.2, -0.15) is 0 Å². The fourth-order valence-electron chi connectivity index (χ4n) is 1.83. The molecule has 18 heavy (non-hydrogen) atoms. The van der Waals surface area contributed by atoms with Crippen LogP contribution in [0.4, 0.5) is 0 Å². The zero-order chi connectivity index (χ0) is 13.1. The number of halogens is 3. The maximum Gasteiger partial charge on any atom is 0.0643 e. The lowest BCUT2D eigenvalue weighted by Gasteiger charge is -2.18. The van der Waals surface area contributed by atoms with Crippen molar-refractivity contribution in [3.63, 3.8) is 0 Å². The van der Waals surface area contributed by atoms with E-state index in [4.69, 9.17) is 23.2 Å². The van der Waals surface area contributed by atoms with Crippen LogP contribution in [0.5, 0.6) is 0 Å². The summed E-state index contributed by atoms with van der Waals surface area (Å²) in [6.07, 6.45) is 3.55. The number of pyridine rings is 1. The molecule has 0 saturated carbocycles. The van der Waals surface area contributed by atoms with Crippen LogP contribution >= 0.6 is 39.1 Å². The van der Waals surface area contributed by atoms with E-state index in [-0.39, 0.29) is 6.04 Å². The van der Waals surface area contributed by atoms with Crippen LogP contribution in [0.2, 0.25) is 10.0 Å². The summed E-state index contributed by atoms with van der Waals surface area (Å²) in [4.78, 5) is 4.17. The third-order valence-electron chi connectivity index (χ3n) is 2.64. The van der Waals surface area contributed by atoms with Crippen LogP contribution in [0.15, 0.2) is 41.1 Å². The zero-order valence-corrected chi connectivity index (χ0v) is 12.7. The largest absolute Gasteiger partial charge is 0.309 e. The van der Waals surface area contributed by atoms with E-state index in [0.717, 1.165) is 15.6 Å². The fourth-order valence-corrected chi connectivity index (χ4v) is 2.63. The minimum absolute atomic E-state index is 0.0406. The molecule has 0 spiro atoms. The van der Waals surface area contributed by atoms with Gasteiger partial charge in [0.15, 0.2) is 0 Å². The molecule has 1 unspecified atom stereocenters. The van der Waals surface area contributed by atoms with Gasteiger partial charge in [-0.15, -0.1) is 0 Å². The van der Waals surface area contributed by atoms with Crippen molar-refractivity contribution in [1.82, 2.24) is 10.3 Å². The summed E-state index contributed by atoms with van der Waals surface area (Å²) in [6.45, 7) is 0. The molecule has 2 aromatic rings. The highest BCUT2D eigenvalue weighted by Crippen LogP contribution is 2.33. The third-order valence-corrected chi connectivity index (χ3v) is 3.91. The van der Waals surface area contributed by atoms with E-state index in [1.807, 2.05) is 31.4 Å². The lowest BCUT2D eigenvalue weighted by atomic mass is 10.0. The van der Waals surface area contributed by atoms with Crippen LogP contribution in [-0.4, -0.2) is 12.0 Å². The number of hydrogen-bond acceptors (Lipinski definition) is 2. The number of nitrogens with one attached hydrogen (secondary N) is 1. The first-order chi connectivity index (χ1) is 8.63. The molecule has 0 aliphatic heterocycles. The molecule has 2 nitrogen and oxygen atoms in total. The Bertz CT molecular complexity index is 560. The van der Waals surface area contributed by atoms with Gasteiger partial charge in [0.2, 0.25) is 0 Å². The Morgan fingerprint density at radius 2 is 2.06 bits per heavy atom. The molecule has 0 fully saturated rings. The van der Waals surface area contributed by atoms with Crippen molar-refractivity contribution < 1.29 is 0 Å². The van der Waals surface area contributed by atoms with Crippen molar-refractivity contribution >= 4 is 39.1 Å². The maximum absolute atomic E-state index is 6.25. The highest BCUT2D eigenvalue weighted by molar-refractivity contribution is 9.10. The Hall–Kier alpha value is -0.610. The molecule has 0 aliphatic carbocycles. The fraction of sp³-hybridized carbons (Fsp3) is 0.154. The Morgan fingerprint density at radius 1 is 1.28 bits per heavy atom. The molecule has 5 heteroatoms. The van der Waals surface area contributed by atoms with Crippen molar-refractivity contribution in [2.45, 2.75) is 6.04 Å². The van der Waals surface area contributed by atoms with Crippen LogP contribution in [-0.2, 0) is 0 Å². The number of benzene rings is 1. The molecule has 1 heterocycles. The van der Waals surface area contributed by atoms with Gasteiger partial charge in [-0.05, 0) is 46.2 Å². The molecule has 0 radical (unpaired) electrons. The van der Waals surface area contributed by atoms with Crippen LogP contribution in [0.25, 0.3) is 0 Å². The second-order valence-corrected chi connectivity index (χ2v) is 5.50. The Balaban J connectivity index is 2.49. The van der Waals surface area contributed by atoms with Gasteiger partial charge in [0.25, 0.3) is 0 Å². The molecule has 0 amide bonds. The lowest BCUT2D eigenvalue weighted by Crippen LogP contribution is -2.18. The first kappa shape index (κ1) is 13.8. The first-order valence-electron chi connectivity index (χ1n) is 5.35. The van der Waals surface area contributed by atoms with Gasteiger partial charge in [0.1, 0.15) is 0 Å². The predicted octanol–water partition coefficient (Wildman–Crippen LogP) is 4.46. The van der Waals surface area contributed by atoms with Crippen LogP contribution in [0.3, 0.4) is 0 Å². The van der Waals surface area contributed by atoms with Gasteiger partial charge >= 0.3 is 0 Å². The van der Waals surface area contributed by atoms with Crippen LogP contribution in [0, 0.1) is 0 Å². The van der Waals surface area contributed by atoms with E-state index >= 15 is 0 Å². The molecule has 1 atom stereocenters. The Labute approximate surface area is 124 Å². The number of nitrogens with zero attached hydrogens (tertiary/aromatic N) is 1. The van der Waals surface area contributed by atoms with E-state index in [1.165, 1.54) is 0 Å². The molecule has 1 aromatic carbocycles. The summed E-state index contributed by atoms with van der Waals surface area (Å²) in [5, 5.41) is 4.35. The van der Waals surface area contributed by atoms with Crippen molar-refractivity contribution in [2.75, 3.05) is 7.05 Å². The minimum atomic E-state index is -0.0406. The molecule has 0 saturated heterocycles. The van der Waals surface area contributed by atoms with E-state index < -0.39 is 0 Å². The van der Waals surface area contributed by atoms with Crippen molar-refractivity contribution in [3.8, 4) is 0 Å². The van der Waals surface area contributed by atoms with E-state index in [2.05, 4.69) is 26.2 Å². The summed E-state index contributed by atoms with van der Waals surface area (Å²) < 4.78 is 0.929. The summed E-state index contributed by atoms with van der Waals surface area (Å²) in [5.74, 6) is 0. The molecular weight excluding hydrogens is 335 g/mol. The quantitative estimate of drug-likeness (QED) is 0.888. The third kappa shape index (κ3) is 2.86. The normalized spacial score (nSPS) is 12.4. The molecule has 1 N–H and O–H groups in total. The molecule has 0 bridgehead atoms. The highest BCUT2D eigenvalue weighted by atomic mass is 79.9. The molecule has 1 aromatic heterocycles.